The number of carbonyl (C=O) groups excluding carboxylic acids is 1. The van der Waals surface area contributed by atoms with Crippen molar-refractivity contribution in [1.82, 2.24) is 4.90 Å². The number of likely N-dealkylation sites (tertiary alicyclic amines) is 1. The lowest BCUT2D eigenvalue weighted by Crippen LogP contribution is -2.40. The molecule has 32 heavy (non-hydrogen) atoms. The monoisotopic (exact) mass is 475 g/mol. The number of aliphatic hydroxyl groups excluding tert-OH is 1. The number of piperidine rings is 1. The maximum atomic E-state index is 11.2. The number of hydrogen-bond donors (Lipinski definition) is 1. The minimum absolute atomic E-state index is 0.187. The molecule has 2 aliphatic rings. The van der Waals surface area contributed by atoms with Crippen LogP contribution in [0, 0.1) is 0 Å². The van der Waals surface area contributed by atoms with Crippen molar-refractivity contribution in [2.24, 2.45) is 0 Å². The Kier molecular flexibility index (Phi) is 7.74. The minimum atomic E-state index is -0.575. The van der Waals surface area contributed by atoms with E-state index in [1.54, 1.807) is 0 Å². The number of hydrogen-bond acceptors (Lipinski definition) is 5. The maximum absolute atomic E-state index is 11.2. The Morgan fingerprint density at radius 2 is 1.94 bits per heavy atom. The number of aliphatic hydroxyl groups is 1. The van der Waals surface area contributed by atoms with Crippen LogP contribution in [-0.4, -0.2) is 48.3 Å². The third-order valence-corrected chi connectivity index (χ3v) is 6.66. The van der Waals surface area contributed by atoms with Crippen molar-refractivity contribution in [2.45, 2.75) is 37.7 Å². The molecular weight excluding hydrogens is 449 g/mol. The number of halogens is 2. The van der Waals surface area contributed by atoms with Crippen molar-refractivity contribution >= 4 is 35.2 Å². The predicted molar refractivity (Wildman–Crippen MR) is 126 cm³/mol. The number of ether oxygens (including phenoxy) is 2. The van der Waals surface area contributed by atoms with Gasteiger partial charge in [0, 0.05) is 13.0 Å². The van der Waals surface area contributed by atoms with E-state index in [0.29, 0.717) is 46.9 Å². The van der Waals surface area contributed by atoms with Crippen LogP contribution in [0.5, 0.6) is 5.75 Å². The molecule has 2 fully saturated rings. The molecule has 0 amide bonds. The van der Waals surface area contributed by atoms with Gasteiger partial charge in [-0.1, -0.05) is 41.4 Å². The van der Waals surface area contributed by atoms with E-state index in [4.69, 9.17) is 32.7 Å². The summed E-state index contributed by atoms with van der Waals surface area (Å²) in [5.41, 5.74) is 2.14. The van der Waals surface area contributed by atoms with Crippen molar-refractivity contribution in [1.29, 1.82) is 0 Å². The van der Waals surface area contributed by atoms with E-state index in [-0.39, 0.29) is 12.6 Å². The van der Waals surface area contributed by atoms with Gasteiger partial charge in [-0.15, -0.1) is 0 Å². The van der Waals surface area contributed by atoms with Gasteiger partial charge >= 0.3 is 5.97 Å². The Labute approximate surface area is 198 Å². The van der Waals surface area contributed by atoms with Gasteiger partial charge in [0.25, 0.3) is 0 Å². The highest BCUT2D eigenvalue weighted by molar-refractivity contribution is 6.42. The highest BCUT2D eigenvalue weighted by Crippen LogP contribution is 2.32. The fourth-order valence-electron chi connectivity index (χ4n) is 4.21. The molecule has 0 radical (unpaired) electrons. The first kappa shape index (κ1) is 23.1. The summed E-state index contributed by atoms with van der Waals surface area (Å²) in [7, 11) is 0. The highest BCUT2D eigenvalue weighted by atomic mass is 35.5. The van der Waals surface area contributed by atoms with Crippen molar-refractivity contribution in [2.75, 3.05) is 26.2 Å². The van der Waals surface area contributed by atoms with Gasteiger partial charge < -0.3 is 19.5 Å². The van der Waals surface area contributed by atoms with Gasteiger partial charge in [-0.2, -0.15) is 0 Å². The predicted octanol–water partition coefficient (Wildman–Crippen LogP) is 5.29. The van der Waals surface area contributed by atoms with E-state index in [2.05, 4.69) is 11.0 Å². The molecule has 0 aliphatic carbocycles. The second-order valence-electron chi connectivity index (χ2n) is 8.37. The Morgan fingerprint density at radius 1 is 1.12 bits per heavy atom. The molecule has 0 spiro atoms. The lowest BCUT2D eigenvalue weighted by atomic mass is 9.89. The molecule has 5 nitrogen and oxygen atoms in total. The first-order valence-corrected chi connectivity index (χ1v) is 11.7. The van der Waals surface area contributed by atoms with Gasteiger partial charge in [0.15, 0.2) is 0 Å². The smallest absolute Gasteiger partial charge is 0.311 e. The van der Waals surface area contributed by atoms with Crippen LogP contribution in [-0.2, 0) is 9.53 Å². The van der Waals surface area contributed by atoms with E-state index >= 15 is 0 Å². The van der Waals surface area contributed by atoms with Crippen LogP contribution >= 0.6 is 23.2 Å². The summed E-state index contributed by atoms with van der Waals surface area (Å²) in [6.45, 7) is 2.64. The van der Waals surface area contributed by atoms with Crippen LogP contribution in [0.2, 0.25) is 10.0 Å². The largest absolute Gasteiger partial charge is 0.491 e. The van der Waals surface area contributed by atoms with Crippen LogP contribution < -0.4 is 4.74 Å². The molecule has 2 aliphatic heterocycles. The Balaban J connectivity index is 1.23. The number of carbonyl (C=O) groups is 1. The molecule has 1 atom stereocenters. The average Bonchev–Trinajstić information content (AvgIpc) is 3.19. The molecule has 0 saturated carbocycles. The summed E-state index contributed by atoms with van der Waals surface area (Å²) in [5, 5.41) is 11.7. The number of β-amino-alcohol motifs (C(OH)–C–C–N with tert-alkyl or cyclic N) is 1. The van der Waals surface area contributed by atoms with Crippen LogP contribution in [0.1, 0.15) is 42.7 Å². The Hall–Kier alpha value is -2.05. The molecule has 0 aromatic heterocycles. The molecule has 0 bridgehead atoms. The van der Waals surface area contributed by atoms with Crippen molar-refractivity contribution < 1.29 is 19.4 Å². The lowest BCUT2D eigenvalue weighted by Gasteiger charge is -2.33. The number of nitrogens with zero attached hydrogens (tertiary/aromatic N) is 1. The molecule has 2 saturated heterocycles. The van der Waals surface area contributed by atoms with E-state index in [1.807, 2.05) is 42.5 Å². The van der Waals surface area contributed by atoms with Crippen LogP contribution in [0.15, 0.2) is 48.2 Å². The molecular formula is C25H27Cl2NO4. The summed E-state index contributed by atoms with van der Waals surface area (Å²) in [5.74, 6) is 1.63. The molecule has 7 heteroatoms. The van der Waals surface area contributed by atoms with Gasteiger partial charge in [-0.05, 0) is 73.3 Å². The number of benzene rings is 2. The minimum Gasteiger partial charge on any atom is -0.491 e. The van der Waals surface area contributed by atoms with Crippen LogP contribution in [0.4, 0.5) is 0 Å². The topological polar surface area (TPSA) is 59.0 Å². The lowest BCUT2D eigenvalue weighted by molar-refractivity contribution is -0.135. The highest BCUT2D eigenvalue weighted by Gasteiger charge is 2.23. The standard InChI is InChI=1S/C25H27Cl2NO4/c26-23-6-4-19(14-24(23)27)18-8-10-28(11-9-18)15-20(29)16-31-21-3-1-2-17(12-21)13-22-5-7-25(30)32-22/h1-4,6,12-14,18,20,29H,5,7-11,15-16H2/t20-/m0/s1. The van der Waals surface area contributed by atoms with Crippen molar-refractivity contribution in [3.05, 3.63) is 69.4 Å². The van der Waals surface area contributed by atoms with Gasteiger partial charge in [0.2, 0.25) is 0 Å². The van der Waals surface area contributed by atoms with E-state index in [1.165, 1.54) is 5.56 Å². The molecule has 0 unspecified atom stereocenters. The summed E-state index contributed by atoms with van der Waals surface area (Å²) < 4.78 is 11.0. The summed E-state index contributed by atoms with van der Waals surface area (Å²) in [6.07, 6.45) is 4.38. The zero-order chi connectivity index (χ0) is 22.5. The number of rotatable bonds is 7. The first-order chi connectivity index (χ1) is 15.5. The van der Waals surface area contributed by atoms with E-state index < -0.39 is 6.10 Å². The third kappa shape index (κ3) is 6.26. The molecule has 170 valence electrons. The van der Waals surface area contributed by atoms with Gasteiger partial charge in [-0.3, -0.25) is 4.79 Å². The van der Waals surface area contributed by atoms with Gasteiger partial charge in [-0.25, -0.2) is 0 Å². The zero-order valence-electron chi connectivity index (χ0n) is 17.8. The number of allylic oxidation sites excluding steroid dienone is 1. The van der Waals surface area contributed by atoms with Crippen LogP contribution in [0.25, 0.3) is 6.08 Å². The van der Waals surface area contributed by atoms with E-state index in [9.17, 15) is 9.90 Å². The number of cyclic esters (lactones) is 1. The molecule has 2 aromatic rings. The molecule has 4 rings (SSSR count). The molecule has 1 N–H and O–H groups in total. The molecule has 2 aromatic carbocycles. The number of esters is 1. The Morgan fingerprint density at radius 3 is 2.66 bits per heavy atom. The third-order valence-electron chi connectivity index (χ3n) is 5.92. The Bertz CT molecular complexity index is 986. The summed E-state index contributed by atoms with van der Waals surface area (Å²) in [6, 6.07) is 13.4. The second-order valence-corrected chi connectivity index (χ2v) is 9.18. The van der Waals surface area contributed by atoms with E-state index in [0.717, 1.165) is 31.5 Å². The first-order valence-electron chi connectivity index (χ1n) is 11.0. The van der Waals surface area contributed by atoms with Crippen molar-refractivity contribution in [3.63, 3.8) is 0 Å². The maximum Gasteiger partial charge on any atom is 0.311 e. The van der Waals surface area contributed by atoms with Gasteiger partial charge in [0.05, 0.1) is 16.5 Å². The average molecular weight is 476 g/mol. The van der Waals surface area contributed by atoms with Crippen molar-refractivity contribution in [3.8, 4) is 5.75 Å². The summed E-state index contributed by atoms with van der Waals surface area (Å²) in [4.78, 5) is 13.5. The normalized spacial score (nSPS) is 19.8. The second kappa shape index (κ2) is 10.7. The SMILES string of the molecule is O=C1CCC(=Cc2cccc(OC[C@@H](O)CN3CCC(c4ccc(Cl)c(Cl)c4)CC3)c2)O1. The zero-order valence-corrected chi connectivity index (χ0v) is 19.3. The quantitative estimate of drug-likeness (QED) is 0.551. The molecule has 2 heterocycles. The fourth-order valence-corrected chi connectivity index (χ4v) is 4.52. The van der Waals surface area contributed by atoms with Gasteiger partial charge in [0.1, 0.15) is 24.2 Å². The van der Waals surface area contributed by atoms with Crippen LogP contribution in [0.3, 0.4) is 0 Å². The summed E-state index contributed by atoms with van der Waals surface area (Å²) >= 11 is 12.2. The fraction of sp³-hybridized carbons (Fsp3) is 0.400.